The molecular formula is C29H31F2N. The third kappa shape index (κ3) is 7.14. The first-order valence-corrected chi connectivity index (χ1v) is 10.8. The van der Waals surface area contributed by atoms with Crippen LogP contribution in [0.25, 0.3) is 22.3 Å². The van der Waals surface area contributed by atoms with Gasteiger partial charge in [0, 0.05) is 12.1 Å². The van der Waals surface area contributed by atoms with Crippen LogP contribution >= 0.6 is 0 Å². The number of aryl methyl sites for hydroxylation is 2. The van der Waals surface area contributed by atoms with Gasteiger partial charge in [-0.15, -0.1) is 0 Å². The molecule has 0 saturated carbocycles. The highest BCUT2D eigenvalue weighted by Crippen LogP contribution is 2.23. The van der Waals surface area contributed by atoms with Crippen LogP contribution in [0, 0.1) is 25.5 Å². The SMILES string of the molecule is CC.Cc1ccc(-c2ccc(CN)cc2)cc1.Cc1ccc(-c2ccc(F)cc2)c(F)c1. The topological polar surface area (TPSA) is 26.0 Å². The van der Waals surface area contributed by atoms with Crippen molar-refractivity contribution in [2.45, 2.75) is 34.2 Å². The normalized spacial score (nSPS) is 9.84. The zero-order valence-corrected chi connectivity index (χ0v) is 19.2. The van der Waals surface area contributed by atoms with Crippen LogP contribution in [0.4, 0.5) is 8.78 Å². The number of hydrogen-bond acceptors (Lipinski definition) is 1. The molecular weight excluding hydrogens is 400 g/mol. The quantitative estimate of drug-likeness (QED) is 0.348. The van der Waals surface area contributed by atoms with E-state index in [1.165, 1.54) is 40.5 Å². The van der Waals surface area contributed by atoms with E-state index in [0.717, 1.165) is 5.56 Å². The van der Waals surface area contributed by atoms with E-state index < -0.39 is 0 Å². The molecule has 0 bridgehead atoms. The minimum absolute atomic E-state index is 0.276. The Morgan fingerprint density at radius 3 is 1.56 bits per heavy atom. The Labute approximate surface area is 190 Å². The first-order valence-electron chi connectivity index (χ1n) is 10.8. The maximum absolute atomic E-state index is 13.5. The molecule has 0 saturated heterocycles. The molecule has 0 atom stereocenters. The smallest absolute Gasteiger partial charge is 0.131 e. The second-order valence-corrected chi connectivity index (χ2v) is 7.26. The van der Waals surface area contributed by atoms with Crippen molar-refractivity contribution in [3.8, 4) is 22.3 Å². The average molecular weight is 432 g/mol. The van der Waals surface area contributed by atoms with Crippen molar-refractivity contribution >= 4 is 0 Å². The van der Waals surface area contributed by atoms with Crippen LogP contribution in [0.5, 0.6) is 0 Å². The standard InChI is InChI=1S/C14H15N.C13H10F2.C2H6/c1-11-2-6-13(7-3-11)14-8-4-12(10-15)5-9-14;1-9-2-7-12(13(15)8-9)10-3-5-11(14)6-4-10;1-2/h2-9H,10,15H2,1H3;2-8H,1H3;1-2H3. The first kappa shape index (κ1) is 25.0. The van der Waals surface area contributed by atoms with Gasteiger partial charge in [0.15, 0.2) is 0 Å². The second-order valence-electron chi connectivity index (χ2n) is 7.26. The molecule has 0 aliphatic heterocycles. The van der Waals surface area contributed by atoms with Gasteiger partial charge in [0.05, 0.1) is 0 Å². The van der Waals surface area contributed by atoms with Crippen molar-refractivity contribution < 1.29 is 8.78 Å². The predicted octanol–water partition coefficient (Wildman–Crippen LogP) is 8.09. The molecule has 0 heterocycles. The van der Waals surface area contributed by atoms with Crippen molar-refractivity contribution in [2.24, 2.45) is 5.73 Å². The Bertz CT molecular complexity index is 1080. The number of benzene rings is 4. The number of nitrogens with two attached hydrogens (primary N) is 1. The lowest BCUT2D eigenvalue weighted by Crippen LogP contribution is -1.95. The number of hydrogen-bond donors (Lipinski definition) is 1. The lowest BCUT2D eigenvalue weighted by Gasteiger charge is -2.04. The molecule has 2 N–H and O–H groups in total. The molecule has 0 amide bonds. The largest absolute Gasteiger partial charge is 0.326 e. The van der Waals surface area contributed by atoms with E-state index in [9.17, 15) is 8.78 Å². The molecule has 0 radical (unpaired) electrons. The van der Waals surface area contributed by atoms with Crippen molar-refractivity contribution in [1.29, 1.82) is 0 Å². The summed E-state index contributed by atoms with van der Waals surface area (Å²) < 4.78 is 26.2. The fraction of sp³-hybridized carbons (Fsp3) is 0.172. The molecule has 4 aromatic rings. The summed E-state index contributed by atoms with van der Waals surface area (Å²) in [6.45, 7) is 8.53. The van der Waals surface area contributed by atoms with Crippen LogP contribution in [-0.2, 0) is 6.54 Å². The molecule has 166 valence electrons. The summed E-state index contributed by atoms with van der Waals surface area (Å²) in [4.78, 5) is 0. The lowest BCUT2D eigenvalue weighted by atomic mass is 10.0. The van der Waals surface area contributed by atoms with Crippen molar-refractivity contribution in [3.05, 3.63) is 119 Å². The Morgan fingerprint density at radius 1 is 0.594 bits per heavy atom. The van der Waals surface area contributed by atoms with Gasteiger partial charge < -0.3 is 5.73 Å². The van der Waals surface area contributed by atoms with E-state index in [1.807, 2.05) is 26.8 Å². The van der Waals surface area contributed by atoms with Gasteiger partial charge in [-0.2, -0.15) is 0 Å². The maximum atomic E-state index is 13.5. The summed E-state index contributed by atoms with van der Waals surface area (Å²) in [5.41, 5.74) is 12.6. The molecule has 32 heavy (non-hydrogen) atoms. The molecule has 0 aliphatic rings. The van der Waals surface area contributed by atoms with E-state index >= 15 is 0 Å². The van der Waals surface area contributed by atoms with Gasteiger partial charge >= 0.3 is 0 Å². The minimum Gasteiger partial charge on any atom is -0.326 e. The Balaban J connectivity index is 0.000000211. The highest BCUT2D eigenvalue weighted by atomic mass is 19.1. The summed E-state index contributed by atoms with van der Waals surface area (Å²) in [7, 11) is 0. The van der Waals surface area contributed by atoms with Crippen LogP contribution < -0.4 is 5.73 Å². The average Bonchev–Trinajstić information content (AvgIpc) is 2.82. The fourth-order valence-corrected chi connectivity index (χ4v) is 3.06. The molecule has 0 spiro atoms. The van der Waals surface area contributed by atoms with Crippen LogP contribution in [0.2, 0.25) is 0 Å². The molecule has 4 aromatic carbocycles. The van der Waals surface area contributed by atoms with Gasteiger partial charge in [0.1, 0.15) is 11.6 Å². The lowest BCUT2D eigenvalue weighted by molar-refractivity contribution is 0.625. The Morgan fingerprint density at radius 2 is 1.06 bits per heavy atom. The molecule has 0 unspecified atom stereocenters. The third-order valence-corrected chi connectivity index (χ3v) is 4.85. The van der Waals surface area contributed by atoms with E-state index in [-0.39, 0.29) is 11.6 Å². The predicted molar refractivity (Wildman–Crippen MR) is 132 cm³/mol. The highest BCUT2D eigenvalue weighted by Gasteiger charge is 2.04. The van der Waals surface area contributed by atoms with E-state index in [0.29, 0.717) is 17.7 Å². The van der Waals surface area contributed by atoms with Gasteiger partial charge in [0.25, 0.3) is 0 Å². The zero-order chi connectivity index (χ0) is 23.5. The third-order valence-electron chi connectivity index (χ3n) is 4.85. The van der Waals surface area contributed by atoms with Crippen molar-refractivity contribution in [2.75, 3.05) is 0 Å². The van der Waals surface area contributed by atoms with Gasteiger partial charge in [0.2, 0.25) is 0 Å². The maximum Gasteiger partial charge on any atom is 0.131 e. The van der Waals surface area contributed by atoms with E-state index in [1.54, 1.807) is 18.2 Å². The highest BCUT2D eigenvalue weighted by molar-refractivity contribution is 5.65. The summed E-state index contributed by atoms with van der Waals surface area (Å²) >= 11 is 0. The summed E-state index contributed by atoms with van der Waals surface area (Å²) in [5, 5.41) is 0. The molecule has 0 fully saturated rings. The summed E-state index contributed by atoms with van der Waals surface area (Å²) in [5.74, 6) is -0.590. The second kappa shape index (κ2) is 12.5. The number of halogens is 2. The molecule has 4 rings (SSSR count). The van der Waals surface area contributed by atoms with Gasteiger partial charge in [-0.05, 0) is 59.9 Å². The number of rotatable bonds is 3. The van der Waals surface area contributed by atoms with Crippen molar-refractivity contribution in [3.63, 3.8) is 0 Å². The van der Waals surface area contributed by atoms with Crippen molar-refractivity contribution in [1.82, 2.24) is 0 Å². The Hall–Kier alpha value is -3.30. The molecule has 0 aromatic heterocycles. The molecule has 1 nitrogen and oxygen atoms in total. The first-order chi connectivity index (χ1) is 15.5. The fourth-order valence-electron chi connectivity index (χ4n) is 3.06. The van der Waals surface area contributed by atoms with Crippen LogP contribution in [-0.4, -0.2) is 0 Å². The van der Waals surface area contributed by atoms with Crippen LogP contribution in [0.1, 0.15) is 30.5 Å². The van der Waals surface area contributed by atoms with Crippen LogP contribution in [0.15, 0.2) is 91.0 Å². The monoisotopic (exact) mass is 431 g/mol. The minimum atomic E-state index is -0.314. The van der Waals surface area contributed by atoms with E-state index in [2.05, 4.69) is 55.5 Å². The molecule has 3 heteroatoms. The van der Waals surface area contributed by atoms with Gasteiger partial charge in [-0.3, -0.25) is 0 Å². The van der Waals surface area contributed by atoms with Gasteiger partial charge in [-0.1, -0.05) is 92.2 Å². The Kier molecular flexibility index (Phi) is 9.77. The summed E-state index contributed by atoms with van der Waals surface area (Å²) in [6, 6.07) is 27.8. The zero-order valence-electron chi connectivity index (χ0n) is 19.2. The molecule has 0 aliphatic carbocycles. The van der Waals surface area contributed by atoms with Crippen LogP contribution in [0.3, 0.4) is 0 Å². The summed E-state index contributed by atoms with van der Waals surface area (Å²) in [6.07, 6.45) is 0. The van der Waals surface area contributed by atoms with E-state index in [4.69, 9.17) is 5.73 Å². The van der Waals surface area contributed by atoms with Gasteiger partial charge in [-0.25, -0.2) is 8.78 Å².